The summed E-state index contributed by atoms with van der Waals surface area (Å²) in [5, 5.41) is 0. The molecule has 1 aromatic carbocycles. The van der Waals surface area contributed by atoms with Crippen molar-refractivity contribution in [1.82, 2.24) is 14.5 Å². The van der Waals surface area contributed by atoms with Crippen molar-refractivity contribution in [1.29, 1.82) is 0 Å². The molecule has 1 saturated heterocycles. The molecule has 0 bridgehead atoms. The number of hydrogen-bond acceptors (Lipinski definition) is 3. The van der Waals surface area contributed by atoms with Crippen molar-refractivity contribution in [3.63, 3.8) is 0 Å². The molecule has 0 N–H and O–H groups in total. The predicted octanol–water partition coefficient (Wildman–Crippen LogP) is 5.39. The lowest BCUT2D eigenvalue weighted by molar-refractivity contribution is 0.137. The lowest BCUT2D eigenvalue weighted by Gasteiger charge is -2.32. The van der Waals surface area contributed by atoms with Crippen molar-refractivity contribution in [3.05, 3.63) is 64.7 Å². The number of ether oxygens (including phenoxy) is 1. The molecule has 0 unspecified atom stereocenters. The second kappa shape index (κ2) is 10.9. The molecule has 1 aromatic heterocycles. The zero-order valence-electron chi connectivity index (χ0n) is 17.4. The maximum atomic E-state index is 5.60. The molecule has 0 saturated carbocycles. The molecule has 1 fully saturated rings. The van der Waals surface area contributed by atoms with Crippen LogP contribution in [0.15, 0.2) is 41.9 Å². The number of rotatable bonds is 10. The highest BCUT2D eigenvalue weighted by atomic mass is 79.9. The highest BCUT2D eigenvalue weighted by Gasteiger charge is 2.26. The molecule has 156 valence electrons. The van der Waals surface area contributed by atoms with Crippen molar-refractivity contribution in [2.45, 2.75) is 38.6 Å². The number of aromatic nitrogens is 2. The average Bonchev–Trinajstić information content (AvgIpc) is 3.11. The van der Waals surface area contributed by atoms with Crippen LogP contribution in [0.25, 0.3) is 12.2 Å². The Morgan fingerprint density at radius 3 is 2.48 bits per heavy atom. The smallest absolute Gasteiger partial charge is 0.113 e. The van der Waals surface area contributed by atoms with E-state index in [9.17, 15) is 0 Å². The first kappa shape index (κ1) is 22.0. The first-order valence-electron chi connectivity index (χ1n) is 10.6. The predicted molar refractivity (Wildman–Crippen MR) is 125 cm³/mol. The minimum Gasteiger partial charge on any atom is -0.380 e. The van der Waals surface area contributed by atoms with Gasteiger partial charge in [-0.25, -0.2) is 4.98 Å². The van der Waals surface area contributed by atoms with Crippen LogP contribution in [-0.4, -0.2) is 47.3 Å². The fraction of sp³-hybridized carbons (Fsp3) is 0.458. The number of nitrogens with zero attached hydrogens (tertiary/aromatic N) is 3. The van der Waals surface area contributed by atoms with Gasteiger partial charge in [0.15, 0.2) is 0 Å². The van der Waals surface area contributed by atoms with Crippen molar-refractivity contribution >= 4 is 28.1 Å². The maximum absolute atomic E-state index is 5.60. The van der Waals surface area contributed by atoms with E-state index in [0.717, 1.165) is 67.9 Å². The van der Waals surface area contributed by atoms with E-state index >= 15 is 0 Å². The normalized spacial score (nSPS) is 15.5. The first-order valence-corrected chi connectivity index (χ1v) is 11.3. The highest BCUT2D eigenvalue weighted by Crippen LogP contribution is 2.30. The fourth-order valence-corrected chi connectivity index (χ4v) is 4.33. The van der Waals surface area contributed by atoms with Crippen molar-refractivity contribution in [2.24, 2.45) is 0 Å². The Hall–Kier alpha value is -1.69. The molecule has 5 heteroatoms. The zero-order valence-corrected chi connectivity index (χ0v) is 19.0. The molecule has 0 atom stereocenters. The van der Waals surface area contributed by atoms with Crippen LogP contribution in [-0.2, 0) is 17.7 Å². The van der Waals surface area contributed by atoms with Crippen LogP contribution in [0.5, 0.6) is 0 Å². The summed E-state index contributed by atoms with van der Waals surface area (Å²) in [6, 6.07) is 8.66. The van der Waals surface area contributed by atoms with Gasteiger partial charge in [-0.05, 0) is 69.1 Å². The van der Waals surface area contributed by atoms with E-state index in [0.29, 0.717) is 12.5 Å². The van der Waals surface area contributed by atoms with Gasteiger partial charge in [-0.3, -0.25) is 0 Å². The SMILES string of the molecule is C=Cc1nc(C2CCN(CCc3ccc(Br)cc3)CC2)n(CCOCC)c1C=C. The van der Waals surface area contributed by atoms with Gasteiger partial charge in [0, 0.05) is 30.1 Å². The molecule has 2 aromatic rings. The number of imidazole rings is 1. The van der Waals surface area contributed by atoms with Crippen LogP contribution in [0.2, 0.25) is 0 Å². The van der Waals surface area contributed by atoms with E-state index in [4.69, 9.17) is 9.72 Å². The van der Waals surface area contributed by atoms with Gasteiger partial charge in [-0.1, -0.05) is 41.2 Å². The van der Waals surface area contributed by atoms with Crippen molar-refractivity contribution in [2.75, 3.05) is 32.8 Å². The summed E-state index contributed by atoms with van der Waals surface area (Å²) in [5.74, 6) is 1.65. The Balaban J connectivity index is 1.62. The zero-order chi connectivity index (χ0) is 20.6. The molecule has 1 aliphatic heterocycles. The third-order valence-corrected chi connectivity index (χ3v) is 6.23. The number of piperidine rings is 1. The van der Waals surface area contributed by atoms with E-state index < -0.39 is 0 Å². The minimum absolute atomic E-state index is 0.480. The van der Waals surface area contributed by atoms with Gasteiger partial charge in [-0.2, -0.15) is 0 Å². The molecule has 1 aliphatic rings. The molecule has 4 nitrogen and oxygen atoms in total. The molecule has 29 heavy (non-hydrogen) atoms. The minimum atomic E-state index is 0.480. The number of likely N-dealkylation sites (tertiary alicyclic amines) is 1. The number of benzene rings is 1. The second-order valence-electron chi connectivity index (χ2n) is 7.49. The molecular formula is C24H32BrN3O. The number of hydrogen-bond donors (Lipinski definition) is 0. The maximum Gasteiger partial charge on any atom is 0.113 e. The molecule has 0 aliphatic carbocycles. The summed E-state index contributed by atoms with van der Waals surface area (Å²) in [6.07, 6.45) is 7.11. The molecule has 2 heterocycles. The topological polar surface area (TPSA) is 30.3 Å². The summed E-state index contributed by atoms with van der Waals surface area (Å²) in [5.41, 5.74) is 3.39. The second-order valence-corrected chi connectivity index (χ2v) is 8.41. The lowest BCUT2D eigenvalue weighted by Crippen LogP contribution is -2.35. The van der Waals surface area contributed by atoms with Crippen LogP contribution in [0, 0.1) is 0 Å². The van der Waals surface area contributed by atoms with Gasteiger partial charge < -0.3 is 14.2 Å². The molecule has 0 spiro atoms. The highest BCUT2D eigenvalue weighted by molar-refractivity contribution is 9.10. The fourth-order valence-electron chi connectivity index (χ4n) is 4.07. The number of halogens is 1. The average molecular weight is 458 g/mol. The van der Waals surface area contributed by atoms with Crippen LogP contribution in [0.3, 0.4) is 0 Å². The Kier molecular flexibility index (Phi) is 8.28. The molecule has 3 rings (SSSR count). The standard InChI is InChI=1S/C24H32BrN3O/c1-4-22-23(5-2)28(17-18-29-6-3)24(26-22)20-12-15-27(16-13-20)14-11-19-7-9-21(25)10-8-19/h4-5,7-10,20H,1-2,6,11-18H2,3H3. The van der Waals surface area contributed by atoms with E-state index in [2.05, 4.69) is 62.8 Å². The monoisotopic (exact) mass is 457 g/mol. The van der Waals surface area contributed by atoms with Crippen LogP contribution in [0.1, 0.15) is 48.5 Å². The first-order chi connectivity index (χ1) is 14.2. The van der Waals surface area contributed by atoms with E-state index in [1.165, 1.54) is 11.4 Å². The van der Waals surface area contributed by atoms with Gasteiger partial charge in [0.05, 0.1) is 18.0 Å². The summed E-state index contributed by atoms with van der Waals surface area (Å²) in [6.45, 7) is 15.6. The summed E-state index contributed by atoms with van der Waals surface area (Å²) < 4.78 is 9.03. The third kappa shape index (κ3) is 5.68. The van der Waals surface area contributed by atoms with Crippen molar-refractivity contribution < 1.29 is 4.74 Å². The molecule has 0 amide bonds. The summed E-state index contributed by atoms with van der Waals surface area (Å²) in [7, 11) is 0. The van der Waals surface area contributed by atoms with Gasteiger partial charge in [0.1, 0.15) is 5.82 Å². The largest absolute Gasteiger partial charge is 0.380 e. The Labute approximate surface area is 183 Å². The van der Waals surface area contributed by atoms with E-state index in [1.807, 2.05) is 19.1 Å². The van der Waals surface area contributed by atoms with Gasteiger partial charge in [-0.15, -0.1) is 0 Å². The van der Waals surface area contributed by atoms with Crippen LogP contribution in [0.4, 0.5) is 0 Å². The lowest BCUT2D eigenvalue weighted by atomic mass is 9.95. The molecular weight excluding hydrogens is 426 g/mol. The Bertz CT molecular complexity index is 804. The van der Waals surface area contributed by atoms with E-state index in [1.54, 1.807) is 0 Å². The molecule has 0 radical (unpaired) electrons. The van der Waals surface area contributed by atoms with Crippen LogP contribution >= 0.6 is 15.9 Å². The van der Waals surface area contributed by atoms with Crippen LogP contribution < -0.4 is 0 Å². The third-order valence-electron chi connectivity index (χ3n) is 5.70. The van der Waals surface area contributed by atoms with Crippen molar-refractivity contribution in [3.8, 4) is 0 Å². The summed E-state index contributed by atoms with van der Waals surface area (Å²) >= 11 is 3.51. The van der Waals surface area contributed by atoms with E-state index in [-0.39, 0.29) is 0 Å². The Morgan fingerprint density at radius 1 is 1.14 bits per heavy atom. The van der Waals surface area contributed by atoms with Gasteiger partial charge in [0.25, 0.3) is 0 Å². The summed E-state index contributed by atoms with van der Waals surface area (Å²) in [4.78, 5) is 7.50. The van der Waals surface area contributed by atoms with Gasteiger partial charge >= 0.3 is 0 Å². The Morgan fingerprint density at radius 2 is 1.86 bits per heavy atom. The quantitative estimate of drug-likeness (QED) is 0.448. The van der Waals surface area contributed by atoms with Gasteiger partial charge in [0.2, 0.25) is 0 Å².